The maximum atomic E-state index is 15.3. The molecule has 0 aliphatic rings. The molecule has 0 aliphatic heterocycles. The summed E-state index contributed by atoms with van der Waals surface area (Å²) < 4.78 is 37.1. The van der Waals surface area contributed by atoms with Crippen molar-refractivity contribution >= 4 is 29.3 Å². The van der Waals surface area contributed by atoms with Crippen molar-refractivity contribution in [3.05, 3.63) is 40.8 Å². The van der Waals surface area contributed by atoms with E-state index in [4.69, 9.17) is 16.3 Å². The summed E-state index contributed by atoms with van der Waals surface area (Å²) in [7, 11) is 0. The van der Waals surface area contributed by atoms with Crippen LogP contribution in [0.3, 0.4) is 0 Å². The van der Waals surface area contributed by atoms with E-state index in [0.29, 0.717) is 0 Å². The number of nitrogens with one attached hydrogen (secondary N) is 2. The Balaban J connectivity index is 1.88. The van der Waals surface area contributed by atoms with Crippen molar-refractivity contribution in [3.8, 4) is 23.0 Å². The number of alkyl carbamates (subject to hydrolysis) is 1. The molecule has 36 heavy (non-hydrogen) atoms. The highest BCUT2D eigenvalue weighted by Crippen LogP contribution is 2.38. The van der Waals surface area contributed by atoms with Crippen LogP contribution in [-0.4, -0.2) is 43.9 Å². The topological polar surface area (TPSA) is 93.4 Å². The molecule has 8 nitrogen and oxygen atoms in total. The zero-order chi connectivity index (χ0) is 26.6. The Hall–Kier alpha value is -3.45. The molecular weight excluding hydrogens is 490 g/mol. The fourth-order valence-corrected chi connectivity index (χ4v) is 3.40. The lowest BCUT2D eigenvalue weighted by Gasteiger charge is -2.22. The van der Waals surface area contributed by atoms with Crippen LogP contribution in [0.1, 0.15) is 53.5 Å². The van der Waals surface area contributed by atoms with E-state index < -0.39 is 23.3 Å². The third-order valence-corrected chi connectivity index (χ3v) is 5.46. The fourth-order valence-electron chi connectivity index (χ4n) is 3.14. The lowest BCUT2D eigenvalue weighted by molar-refractivity contribution is 0.0529. The van der Waals surface area contributed by atoms with E-state index in [0.717, 1.165) is 12.1 Å². The van der Waals surface area contributed by atoms with Crippen LogP contribution in [0.2, 0.25) is 5.15 Å². The van der Waals surface area contributed by atoms with Gasteiger partial charge in [0.2, 0.25) is 0 Å². The molecule has 1 amide bonds. The molecule has 2 N–H and O–H groups in total. The summed E-state index contributed by atoms with van der Waals surface area (Å²) in [5.74, 6) is 4.49. The normalized spacial score (nSPS) is 12.3. The highest BCUT2D eigenvalue weighted by atomic mass is 35.5. The SMILES string of the molecule is CC(C)[C@@H](C)Nc1c(-c2c(F)cc(C#CCCNC(=O)OC(C)(C)C)cc2F)c(Cl)nc2ncnn12. The number of carbonyl (C=O) groups is 1. The quantitative estimate of drug-likeness (QED) is 0.256. The summed E-state index contributed by atoms with van der Waals surface area (Å²) in [5, 5.41) is 9.85. The number of ether oxygens (including phenoxy) is 1. The van der Waals surface area contributed by atoms with E-state index in [2.05, 4.69) is 37.5 Å². The van der Waals surface area contributed by atoms with Crippen molar-refractivity contribution in [2.75, 3.05) is 11.9 Å². The van der Waals surface area contributed by atoms with Crippen molar-refractivity contribution in [1.29, 1.82) is 0 Å². The second-order valence-electron chi connectivity index (χ2n) is 9.57. The van der Waals surface area contributed by atoms with Crippen LogP contribution in [0.15, 0.2) is 18.5 Å². The zero-order valence-electron chi connectivity index (χ0n) is 21.0. The number of carbonyl (C=O) groups excluding carboxylic acids is 1. The first-order valence-corrected chi connectivity index (χ1v) is 11.9. The number of fused-ring (bicyclic) bond motifs is 1. The van der Waals surface area contributed by atoms with Crippen LogP contribution in [0.4, 0.5) is 19.4 Å². The van der Waals surface area contributed by atoms with Gasteiger partial charge in [0, 0.05) is 24.6 Å². The minimum atomic E-state index is -0.852. The Morgan fingerprint density at radius 2 is 1.86 bits per heavy atom. The molecular formula is C25H29ClF2N6O2. The second kappa shape index (κ2) is 11.1. The Morgan fingerprint density at radius 3 is 2.47 bits per heavy atom. The van der Waals surface area contributed by atoms with E-state index >= 15 is 8.78 Å². The van der Waals surface area contributed by atoms with Crippen LogP contribution >= 0.6 is 11.6 Å². The third kappa shape index (κ3) is 6.61. The Bertz CT molecular complexity index is 1300. The van der Waals surface area contributed by atoms with Gasteiger partial charge < -0.3 is 15.4 Å². The molecule has 0 bridgehead atoms. The first kappa shape index (κ1) is 27.1. The van der Waals surface area contributed by atoms with E-state index in [1.54, 1.807) is 20.8 Å². The number of benzene rings is 1. The van der Waals surface area contributed by atoms with Crippen LogP contribution in [0.25, 0.3) is 16.9 Å². The molecule has 3 rings (SSSR count). The highest BCUT2D eigenvalue weighted by Gasteiger charge is 2.25. The summed E-state index contributed by atoms with van der Waals surface area (Å²) in [6, 6.07) is 2.19. The number of halogens is 3. The molecule has 0 radical (unpaired) electrons. The van der Waals surface area contributed by atoms with Crippen molar-refractivity contribution in [2.45, 2.75) is 59.6 Å². The van der Waals surface area contributed by atoms with Gasteiger partial charge >= 0.3 is 6.09 Å². The second-order valence-corrected chi connectivity index (χ2v) is 9.93. The summed E-state index contributed by atoms with van der Waals surface area (Å²) >= 11 is 6.39. The van der Waals surface area contributed by atoms with Gasteiger partial charge in [-0.1, -0.05) is 37.3 Å². The largest absolute Gasteiger partial charge is 0.444 e. The molecule has 2 aromatic heterocycles. The average molecular weight is 519 g/mol. The number of rotatable bonds is 6. The molecule has 2 heterocycles. The van der Waals surface area contributed by atoms with E-state index in [1.807, 2.05) is 20.8 Å². The summed E-state index contributed by atoms with van der Waals surface area (Å²) in [5.41, 5.74) is -0.772. The van der Waals surface area contributed by atoms with E-state index in [1.165, 1.54) is 10.8 Å². The Labute approximate surface area is 213 Å². The minimum absolute atomic E-state index is 0.0400. The van der Waals surface area contributed by atoms with Gasteiger partial charge in [-0.2, -0.15) is 19.6 Å². The maximum Gasteiger partial charge on any atom is 0.407 e. The number of aromatic nitrogens is 4. The predicted molar refractivity (Wildman–Crippen MR) is 135 cm³/mol. The van der Waals surface area contributed by atoms with Crippen LogP contribution in [0.5, 0.6) is 0 Å². The zero-order valence-corrected chi connectivity index (χ0v) is 21.8. The van der Waals surface area contributed by atoms with Gasteiger partial charge in [0.1, 0.15) is 34.5 Å². The van der Waals surface area contributed by atoms with E-state index in [9.17, 15) is 4.79 Å². The van der Waals surface area contributed by atoms with Crippen molar-refractivity contribution < 1.29 is 18.3 Å². The van der Waals surface area contributed by atoms with Crippen molar-refractivity contribution in [2.24, 2.45) is 5.92 Å². The molecule has 0 saturated heterocycles. The number of hydrogen-bond acceptors (Lipinski definition) is 6. The molecule has 1 aromatic carbocycles. The first-order chi connectivity index (χ1) is 16.9. The number of anilines is 1. The molecule has 0 fully saturated rings. The standard InChI is InChI=1S/C25H29ClF2N6O2/c1-14(2)15(3)32-22-20(21(26)33-23-30-13-31-34(22)23)19-17(27)11-16(12-18(19)28)9-7-8-10-29-24(35)36-25(4,5)6/h11-15,32H,8,10H2,1-6H3,(H,29,35)/t15-/m1/s1. The van der Waals surface area contributed by atoms with Crippen LogP contribution in [0, 0.1) is 29.4 Å². The first-order valence-electron chi connectivity index (χ1n) is 11.5. The van der Waals surface area contributed by atoms with Crippen molar-refractivity contribution in [3.63, 3.8) is 0 Å². The monoisotopic (exact) mass is 518 g/mol. The predicted octanol–water partition coefficient (Wildman–Crippen LogP) is 5.45. The lowest BCUT2D eigenvalue weighted by Crippen LogP contribution is -2.32. The van der Waals surface area contributed by atoms with Gasteiger partial charge in [0.25, 0.3) is 5.78 Å². The molecule has 3 aromatic rings. The summed E-state index contributed by atoms with van der Waals surface area (Å²) in [6.45, 7) is 11.5. The van der Waals surface area contributed by atoms with Gasteiger partial charge in [-0.3, -0.25) is 0 Å². The fraction of sp³-hybridized carbons (Fsp3) is 0.440. The van der Waals surface area contributed by atoms with Gasteiger partial charge in [-0.15, -0.1) is 0 Å². The van der Waals surface area contributed by atoms with Gasteiger partial charge in [0.15, 0.2) is 0 Å². The molecule has 192 valence electrons. The summed E-state index contributed by atoms with van der Waals surface area (Å²) in [4.78, 5) is 19.8. The molecule has 0 aliphatic carbocycles. The van der Waals surface area contributed by atoms with Crippen LogP contribution in [-0.2, 0) is 4.74 Å². The number of amides is 1. The van der Waals surface area contributed by atoms with Crippen molar-refractivity contribution in [1.82, 2.24) is 24.9 Å². The Morgan fingerprint density at radius 1 is 1.19 bits per heavy atom. The molecule has 1 atom stereocenters. The minimum Gasteiger partial charge on any atom is -0.444 e. The summed E-state index contributed by atoms with van der Waals surface area (Å²) in [6.07, 6.45) is 0.998. The number of nitrogens with zero attached hydrogens (tertiary/aromatic N) is 4. The Kier molecular flexibility index (Phi) is 8.35. The van der Waals surface area contributed by atoms with Gasteiger partial charge in [-0.05, 0) is 45.7 Å². The lowest BCUT2D eigenvalue weighted by atomic mass is 10.0. The third-order valence-electron chi connectivity index (χ3n) is 5.19. The highest BCUT2D eigenvalue weighted by molar-refractivity contribution is 6.33. The van der Waals surface area contributed by atoms with E-state index in [-0.39, 0.29) is 58.4 Å². The van der Waals surface area contributed by atoms with Crippen LogP contribution < -0.4 is 10.6 Å². The maximum absolute atomic E-state index is 15.3. The smallest absolute Gasteiger partial charge is 0.407 e. The van der Waals surface area contributed by atoms with Gasteiger partial charge in [0.05, 0.1) is 11.1 Å². The number of hydrogen-bond donors (Lipinski definition) is 2. The molecule has 11 heteroatoms. The van der Waals surface area contributed by atoms with Gasteiger partial charge in [-0.25, -0.2) is 13.6 Å². The molecule has 0 saturated carbocycles. The molecule has 0 spiro atoms. The average Bonchev–Trinajstić information content (AvgIpc) is 3.21. The molecule has 0 unspecified atom stereocenters.